The van der Waals surface area contributed by atoms with Crippen LogP contribution in [-0.4, -0.2) is 78.5 Å². The molecule has 0 spiro atoms. The lowest BCUT2D eigenvalue weighted by molar-refractivity contribution is -0.154. The first-order chi connectivity index (χ1) is 14.0. The zero-order valence-corrected chi connectivity index (χ0v) is 18.3. The van der Waals surface area contributed by atoms with Gasteiger partial charge in [0.05, 0.1) is 6.04 Å². The molecule has 0 unspecified atom stereocenters. The number of esters is 1. The van der Waals surface area contributed by atoms with Crippen molar-refractivity contribution in [2.24, 2.45) is 0 Å². The van der Waals surface area contributed by atoms with E-state index in [1.807, 2.05) is 0 Å². The molecular weight excluding hydrogens is 447 g/mol. The molecule has 2 aliphatic heterocycles. The van der Waals surface area contributed by atoms with Crippen molar-refractivity contribution in [3.63, 3.8) is 0 Å². The average Bonchev–Trinajstić information content (AvgIpc) is 3.27. The van der Waals surface area contributed by atoms with Crippen LogP contribution in [0.5, 0.6) is 0 Å². The van der Waals surface area contributed by atoms with Gasteiger partial charge in [0, 0.05) is 6.54 Å². The average molecular weight is 475 g/mol. The molecule has 0 radical (unpaired) electrons. The lowest BCUT2D eigenvalue weighted by atomic mass is 10.1. The first-order valence-corrected chi connectivity index (χ1v) is 11.0. The minimum absolute atomic E-state index is 0.00239. The van der Waals surface area contributed by atoms with Crippen LogP contribution < -0.4 is 10.6 Å². The molecule has 0 aromatic heterocycles. The van der Waals surface area contributed by atoms with Gasteiger partial charge in [-0.2, -0.15) is 21.6 Å². The van der Waals surface area contributed by atoms with Gasteiger partial charge in [0.2, 0.25) is 11.8 Å². The monoisotopic (exact) mass is 475 g/mol. The summed E-state index contributed by atoms with van der Waals surface area (Å²) in [6, 6.07) is -0.651. The van der Waals surface area contributed by atoms with Gasteiger partial charge in [0.15, 0.2) is 0 Å². The number of halogens is 3. The lowest BCUT2D eigenvalue weighted by Crippen LogP contribution is -2.51. The summed E-state index contributed by atoms with van der Waals surface area (Å²) < 4.78 is 62.7. The number of hydrogen-bond acceptors (Lipinski definition) is 7. The van der Waals surface area contributed by atoms with Crippen LogP contribution in [0.1, 0.15) is 46.5 Å². The van der Waals surface area contributed by atoms with Gasteiger partial charge in [-0.3, -0.25) is 18.9 Å². The van der Waals surface area contributed by atoms with E-state index >= 15 is 0 Å². The molecular formula is C17H28F3N3O7S. The molecule has 3 N–H and O–H groups in total. The largest absolute Gasteiger partial charge is 0.522 e. The standard InChI is InChI=1S/C16H27N3O4.CHF3O3S/c1-16(2,3)23-13(20)10-18-14(21)12-7-5-9-19(12)15(22)11-6-4-8-17-11;2-1(3,4)8(5,6)7/h11-12,17H,4-10H2,1-3H3,(H,18,21);(H,5,6,7)/t11-,12-;/m0./s1. The number of carbonyl (C=O) groups is 3. The van der Waals surface area contributed by atoms with Gasteiger partial charge in [-0.15, -0.1) is 0 Å². The van der Waals surface area contributed by atoms with Crippen LogP contribution >= 0.6 is 0 Å². The van der Waals surface area contributed by atoms with Crippen LogP contribution in [-0.2, 0) is 29.2 Å². The zero-order valence-electron chi connectivity index (χ0n) is 17.5. The van der Waals surface area contributed by atoms with Gasteiger partial charge in [0.25, 0.3) is 0 Å². The Bertz CT molecular complexity index is 760. The molecule has 0 aromatic rings. The highest BCUT2D eigenvalue weighted by Crippen LogP contribution is 2.21. The Morgan fingerprint density at radius 2 is 1.74 bits per heavy atom. The molecule has 2 rings (SSSR count). The molecule has 0 aromatic carbocycles. The summed E-state index contributed by atoms with van der Waals surface area (Å²) in [7, 11) is -5.84. The summed E-state index contributed by atoms with van der Waals surface area (Å²) in [4.78, 5) is 38.1. The molecule has 2 saturated heterocycles. The Morgan fingerprint density at radius 1 is 1.16 bits per heavy atom. The Kier molecular flexibility index (Phi) is 9.26. The van der Waals surface area contributed by atoms with Gasteiger partial charge >= 0.3 is 21.6 Å². The quantitative estimate of drug-likeness (QED) is 0.305. The molecule has 2 atom stereocenters. The number of rotatable bonds is 4. The molecule has 2 amide bonds. The number of likely N-dealkylation sites (tertiary alicyclic amines) is 1. The third-order valence-electron chi connectivity index (χ3n) is 4.32. The summed E-state index contributed by atoms with van der Waals surface area (Å²) in [5.41, 5.74) is -6.11. The minimum Gasteiger partial charge on any atom is -0.459 e. The van der Waals surface area contributed by atoms with Crippen LogP contribution in [0.25, 0.3) is 0 Å². The molecule has 31 heavy (non-hydrogen) atoms. The lowest BCUT2D eigenvalue weighted by Gasteiger charge is -2.27. The highest BCUT2D eigenvalue weighted by molar-refractivity contribution is 7.86. The van der Waals surface area contributed by atoms with Crippen molar-refractivity contribution < 1.29 is 45.3 Å². The Morgan fingerprint density at radius 3 is 2.19 bits per heavy atom. The number of amides is 2. The number of nitrogens with one attached hydrogen (secondary N) is 2. The van der Waals surface area contributed by atoms with Crippen molar-refractivity contribution in [3.8, 4) is 0 Å². The molecule has 0 saturated carbocycles. The van der Waals surface area contributed by atoms with Crippen LogP contribution in [0.3, 0.4) is 0 Å². The smallest absolute Gasteiger partial charge is 0.459 e. The molecule has 2 aliphatic rings. The normalized spacial score (nSPS) is 21.8. The first kappa shape index (κ1) is 27.1. The summed E-state index contributed by atoms with van der Waals surface area (Å²) in [5.74, 6) is -0.753. The zero-order chi connectivity index (χ0) is 24.0. The predicted molar refractivity (Wildman–Crippen MR) is 102 cm³/mol. The van der Waals surface area contributed by atoms with Gasteiger partial charge < -0.3 is 20.3 Å². The molecule has 0 aliphatic carbocycles. The van der Waals surface area contributed by atoms with E-state index in [9.17, 15) is 27.6 Å². The second kappa shape index (κ2) is 10.6. The second-order valence-electron chi connectivity index (χ2n) is 8.06. The maximum absolute atomic E-state index is 12.5. The maximum Gasteiger partial charge on any atom is 0.522 e. The van der Waals surface area contributed by atoms with Crippen molar-refractivity contribution in [1.29, 1.82) is 0 Å². The number of nitrogens with zero attached hydrogens (tertiary/aromatic N) is 1. The van der Waals surface area contributed by atoms with E-state index in [4.69, 9.17) is 17.7 Å². The van der Waals surface area contributed by atoms with Crippen molar-refractivity contribution in [2.75, 3.05) is 19.6 Å². The summed E-state index contributed by atoms with van der Waals surface area (Å²) in [6.45, 7) is 6.60. The van der Waals surface area contributed by atoms with Crippen LogP contribution in [0.15, 0.2) is 0 Å². The number of carbonyl (C=O) groups excluding carboxylic acids is 3. The molecule has 2 heterocycles. The molecule has 10 nitrogen and oxygen atoms in total. The van der Waals surface area contributed by atoms with Crippen molar-refractivity contribution >= 4 is 27.9 Å². The number of hydrogen-bond donors (Lipinski definition) is 3. The summed E-state index contributed by atoms with van der Waals surface area (Å²) in [5, 5.41) is 5.77. The van der Waals surface area contributed by atoms with Gasteiger partial charge in [-0.05, 0) is 53.0 Å². The van der Waals surface area contributed by atoms with E-state index in [1.54, 1.807) is 25.7 Å². The highest BCUT2D eigenvalue weighted by Gasteiger charge is 2.44. The number of alkyl halides is 3. The minimum atomic E-state index is -5.84. The highest BCUT2D eigenvalue weighted by atomic mass is 32.2. The molecule has 180 valence electrons. The topological polar surface area (TPSA) is 142 Å². The first-order valence-electron chi connectivity index (χ1n) is 9.60. The Balaban J connectivity index is 0.000000512. The third kappa shape index (κ3) is 8.99. The Hall–Kier alpha value is -1.93. The summed E-state index contributed by atoms with van der Waals surface area (Å²) in [6.07, 6.45) is 3.25. The van der Waals surface area contributed by atoms with Crippen LogP contribution in [0.2, 0.25) is 0 Å². The fraction of sp³-hybridized carbons (Fsp3) is 0.824. The molecule has 0 bridgehead atoms. The van der Waals surface area contributed by atoms with E-state index < -0.39 is 33.2 Å². The maximum atomic E-state index is 12.5. The van der Waals surface area contributed by atoms with Crippen LogP contribution in [0, 0.1) is 0 Å². The third-order valence-corrected chi connectivity index (χ3v) is 4.90. The van der Waals surface area contributed by atoms with Crippen molar-refractivity contribution in [2.45, 2.75) is 69.6 Å². The van der Waals surface area contributed by atoms with Crippen molar-refractivity contribution in [3.05, 3.63) is 0 Å². The van der Waals surface area contributed by atoms with E-state index in [-0.39, 0.29) is 24.4 Å². The number of ether oxygens (including phenoxy) is 1. The Labute approximate surface area is 178 Å². The van der Waals surface area contributed by atoms with Gasteiger partial charge in [0.1, 0.15) is 18.2 Å². The van der Waals surface area contributed by atoms with E-state index in [0.717, 1.165) is 25.8 Å². The van der Waals surface area contributed by atoms with Gasteiger partial charge in [-0.1, -0.05) is 0 Å². The van der Waals surface area contributed by atoms with E-state index in [1.165, 1.54) is 0 Å². The molecule has 14 heteroatoms. The SMILES string of the molecule is CC(C)(C)OC(=O)CNC(=O)[C@@H]1CCCN1C(=O)[C@@H]1CCCN1.O=S(=O)(O)C(F)(F)F. The fourth-order valence-corrected chi connectivity index (χ4v) is 3.05. The van der Waals surface area contributed by atoms with Crippen LogP contribution in [0.4, 0.5) is 13.2 Å². The fourth-order valence-electron chi connectivity index (χ4n) is 3.05. The van der Waals surface area contributed by atoms with E-state index in [0.29, 0.717) is 13.0 Å². The second-order valence-corrected chi connectivity index (χ2v) is 9.48. The predicted octanol–water partition coefficient (Wildman–Crippen LogP) is 0.581. The molecule has 2 fully saturated rings. The summed E-state index contributed by atoms with van der Waals surface area (Å²) >= 11 is 0. The van der Waals surface area contributed by atoms with Crippen molar-refractivity contribution in [1.82, 2.24) is 15.5 Å². The van der Waals surface area contributed by atoms with E-state index in [2.05, 4.69) is 10.6 Å². The van der Waals surface area contributed by atoms with Gasteiger partial charge in [-0.25, -0.2) is 0 Å².